The lowest BCUT2D eigenvalue weighted by molar-refractivity contribution is -0.140. The number of hydrogen-bond acceptors (Lipinski definition) is 5. The van der Waals surface area contributed by atoms with E-state index in [2.05, 4.69) is 47.7 Å². The summed E-state index contributed by atoms with van der Waals surface area (Å²) in [6, 6.07) is 6.28. The number of aryl methyl sites for hydroxylation is 2. The van der Waals surface area contributed by atoms with Gasteiger partial charge in [0.05, 0.1) is 5.69 Å². The summed E-state index contributed by atoms with van der Waals surface area (Å²) in [5, 5.41) is 8.78. The zero-order valence-electron chi connectivity index (χ0n) is 14.3. The predicted molar refractivity (Wildman–Crippen MR) is 97.5 cm³/mol. The number of amides is 1. The van der Waals surface area contributed by atoms with Crippen molar-refractivity contribution in [3.8, 4) is 11.3 Å². The molecule has 0 saturated carbocycles. The van der Waals surface area contributed by atoms with Crippen molar-refractivity contribution in [2.75, 3.05) is 25.5 Å². The Morgan fingerprint density at radius 3 is 2.71 bits per heavy atom. The van der Waals surface area contributed by atoms with Crippen molar-refractivity contribution >= 4 is 22.4 Å². The fraction of sp³-hybridized carbons (Fsp3) is 0.444. The minimum atomic E-state index is -0.752. The highest BCUT2D eigenvalue weighted by molar-refractivity contribution is 7.14. The molecule has 0 unspecified atom stereocenters. The number of aromatic nitrogens is 1. The highest BCUT2D eigenvalue weighted by Gasteiger charge is 2.40. The maximum Gasteiger partial charge on any atom is 0.258 e. The molecule has 1 aliphatic rings. The summed E-state index contributed by atoms with van der Waals surface area (Å²) in [6.45, 7) is 5.75. The van der Waals surface area contributed by atoms with Gasteiger partial charge in [-0.15, -0.1) is 11.3 Å². The molecule has 0 spiro atoms. The molecule has 1 aromatic heterocycles. The molecular weight excluding hydrogens is 322 g/mol. The maximum atomic E-state index is 12.7. The number of methoxy groups -OCH3 is 1. The normalized spacial score (nSPS) is 16.8. The van der Waals surface area contributed by atoms with Crippen LogP contribution in [0.3, 0.4) is 0 Å². The first-order chi connectivity index (χ1) is 11.5. The van der Waals surface area contributed by atoms with Gasteiger partial charge in [-0.25, -0.2) is 4.98 Å². The summed E-state index contributed by atoms with van der Waals surface area (Å²) >= 11 is 1.44. The van der Waals surface area contributed by atoms with Crippen molar-refractivity contribution in [3.05, 3.63) is 34.7 Å². The van der Waals surface area contributed by atoms with Crippen LogP contribution in [0.25, 0.3) is 11.3 Å². The van der Waals surface area contributed by atoms with E-state index in [1.165, 1.54) is 22.5 Å². The van der Waals surface area contributed by atoms with Crippen molar-refractivity contribution in [2.45, 2.75) is 32.3 Å². The largest absolute Gasteiger partial charge is 0.368 e. The summed E-state index contributed by atoms with van der Waals surface area (Å²) < 4.78 is 5.56. The van der Waals surface area contributed by atoms with Gasteiger partial charge in [-0.2, -0.15) is 0 Å². The first-order valence-electron chi connectivity index (χ1n) is 8.14. The van der Waals surface area contributed by atoms with Crippen LogP contribution in [-0.2, 0) is 9.53 Å². The summed E-state index contributed by atoms with van der Waals surface area (Å²) in [5.41, 5.74) is 3.69. The van der Waals surface area contributed by atoms with Gasteiger partial charge in [0, 0.05) is 18.1 Å². The number of carbonyl (C=O) groups is 1. The van der Waals surface area contributed by atoms with E-state index in [1.54, 1.807) is 7.11 Å². The second-order valence-corrected chi connectivity index (χ2v) is 7.10. The molecule has 3 rings (SSSR count). The quantitative estimate of drug-likeness (QED) is 0.894. The van der Waals surface area contributed by atoms with Gasteiger partial charge >= 0.3 is 0 Å². The molecule has 5 nitrogen and oxygen atoms in total. The monoisotopic (exact) mass is 345 g/mol. The molecule has 24 heavy (non-hydrogen) atoms. The number of benzene rings is 1. The van der Waals surface area contributed by atoms with Crippen molar-refractivity contribution < 1.29 is 9.53 Å². The van der Waals surface area contributed by atoms with Crippen LogP contribution in [-0.4, -0.2) is 36.7 Å². The van der Waals surface area contributed by atoms with Crippen molar-refractivity contribution in [1.29, 1.82) is 0 Å². The molecule has 1 fully saturated rings. The molecule has 2 heterocycles. The number of nitrogens with zero attached hydrogens (tertiary/aromatic N) is 1. The highest BCUT2D eigenvalue weighted by atomic mass is 32.1. The number of nitrogens with one attached hydrogen (secondary N) is 2. The van der Waals surface area contributed by atoms with E-state index in [0.717, 1.165) is 24.3 Å². The Balaban J connectivity index is 1.75. The van der Waals surface area contributed by atoms with Gasteiger partial charge < -0.3 is 10.1 Å². The fourth-order valence-electron chi connectivity index (χ4n) is 2.93. The van der Waals surface area contributed by atoms with Gasteiger partial charge in [-0.3, -0.25) is 10.1 Å². The first-order valence-corrected chi connectivity index (χ1v) is 9.02. The van der Waals surface area contributed by atoms with Gasteiger partial charge in [0.1, 0.15) is 5.60 Å². The zero-order valence-corrected chi connectivity index (χ0v) is 15.1. The Morgan fingerprint density at radius 2 is 2.04 bits per heavy atom. The van der Waals surface area contributed by atoms with E-state index in [0.29, 0.717) is 18.0 Å². The maximum absolute atomic E-state index is 12.7. The number of thiazole rings is 1. The lowest BCUT2D eigenvalue weighted by Crippen LogP contribution is -2.51. The molecule has 2 aromatic rings. The standard InChI is InChI=1S/C18H23N3O2S/c1-12-4-5-14(10-13(12)2)15-11-24-17(20-15)21-16(22)18(23-3)6-8-19-9-7-18/h4-5,10-11,19H,6-9H2,1-3H3,(H,20,21,22). The van der Waals surface area contributed by atoms with Gasteiger partial charge in [-0.05, 0) is 57.0 Å². The molecule has 0 radical (unpaired) electrons. The summed E-state index contributed by atoms with van der Waals surface area (Å²) in [7, 11) is 1.60. The molecule has 0 aliphatic carbocycles. The minimum absolute atomic E-state index is 0.104. The second-order valence-electron chi connectivity index (χ2n) is 6.24. The van der Waals surface area contributed by atoms with Crippen LogP contribution in [0, 0.1) is 13.8 Å². The second kappa shape index (κ2) is 7.01. The highest BCUT2D eigenvalue weighted by Crippen LogP contribution is 2.29. The third-order valence-corrected chi connectivity index (χ3v) is 5.50. The molecule has 6 heteroatoms. The third-order valence-electron chi connectivity index (χ3n) is 4.74. The Kier molecular flexibility index (Phi) is 4.99. The molecule has 1 aliphatic heterocycles. The lowest BCUT2D eigenvalue weighted by Gasteiger charge is -2.34. The van der Waals surface area contributed by atoms with E-state index in [9.17, 15) is 4.79 Å². The summed E-state index contributed by atoms with van der Waals surface area (Å²) in [6.07, 6.45) is 1.34. The Morgan fingerprint density at radius 1 is 1.29 bits per heavy atom. The third kappa shape index (κ3) is 3.36. The predicted octanol–water partition coefficient (Wildman–Crippen LogP) is 3.13. The number of piperidine rings is 1. The summed E-state index contributed by atoms with van der Waals surface area (Å²) in [4.78, 5) is 17.2. The van der Waals surface area contributed by atoms with E-state index >= 15 is 0 Å². The number of hydrogen-bond donors (Lipinski definition) is 2. The van der Waals surface area contributed by atoms with Crippen LogP contribution in [0.15, 0.2) is 23.6 Å². The molecule has 2 N–H and O–H groups in total. The molecule has 1 saturated heterocycles. The smallest absolute Gasteiger partial charge is 0.258 e. The number of rotatable bonds is 4. The van der Waals surface area contributed by atoms with E-state index < -0.39 is 5.60 Å². The van der Waals surface area contributed by atoms with E-state index in [-0.39, 0.29) is 5.91 Å². The van der Waals surface area contributed by atoms with E-state index in [1.807, 2.05) is 5.38 Å². The van der Waals surface area contributed by atoms with Crippen molar-refractivity contribution in [2.24, 2.45) is 0 Å². The van der Waals surface area contributed by atoms with Gasteiger partial charge in [0.15, 0.2) is 5.13 Å². The molecule has 1 aromatic carbocycles. The minimum Gasteiger partial charge on any atom is -0.368 e. The van der Waals surface area contributed by atoms with Crippen LogP contribution in [0.4, 0.5) is 5.13 Å². The first kappa shape index (κ1) is 17.1. The molecule has 0 bridgehead atoms. The van der Waals surface area contributed by atoms with Crippen LogP contribution in [0.5, 0.6) is 0 Å². The van der Waals surface area contributed by atoms with Crippen LogP contribution >= 0.6 is 11.3 Å². The number of carbonyl (C=O) groups excluding carboxylic acids is 1. The van der Waals surface area contributed by atoms with Gasteiger partial charge in [0.2, 0.25) is 0 Å². The molecule has 128 valence electrons. The number of anilines is 1. The number of ether oxygens (including phenoxy) is 1. The van der Waals surface area contributed by atoms with Crippen molar-refractivity contribution in [3.63, 3.8) is 0 Å². The Labute approximate surface area is 146 Å². The van der Waals surface area contributed by atoms with E-state index in [4.69, 9.17) is 4.74 Å². The Bertz CT molecular complexity index is 736. The van der Waals surface area contributed by atoms with Crippen LogP contribution in [0.2, 0.25) is 0 Å². The van der Waals surface area contributed by atoms with Crippen molar-refractivity contribution in [1.82, 2.24) is 10.3 Å². The van der Waals surface area contributed by atoms with Gasteiger partial charge in [-0.1, -0.05) is 12.1 Å². The molecule has 0 atom stereocenters. The fourth-order valence-corrected chi connectivity index (χ4v) is 3.64. The van der Waals surface area contributed by atoms with Crippen LogP contribution < -0.4 is 10.6 Å². The van der Waals surface area contributed by atoms with Gasteiger partial charge in [0.25, 0.3) is 5.91 Å². The average molecular weight is 345 g/mol. The summed E-state index contributed by atoms with van der Waals surface area (Å²) in [5.74, 6) is -0.104. The topological polar surface area (TPSA) is 63.2 Å². The Hall–Kier alpha value is -1.76. The molecular formula is C18H23N3O2S. The zero-order chi connectivity index (χ0) is 17.2. The molecule has 1 amide bonds. The van der Waals surface area contributed by atoms with Crippen LogP contribution in [0.1, 0.15) is 24.0 Å². The average Bonchev–Trinajstić information content (AvgIpc) is 3.06. The lowest BCUT2D eigenvalue weighted by atomic mass is 9.91. The SMILES string of the molecule is COC1(C(=O)Nc2nc(-c3ccc(C)c(C)c3)cs2)CCNCC1.